The molecule has 7 heteroatoms. The second-order valence-corrected chi connectivity index (χ2v) is 5.41. The van der Waals surface area contributed by atoms with E-state index in [1.807, 2.05) is 13.8 Å². The average molecular weight is 281 g/mol. The lowest BCUT2D eigenvalue weighted by atomic mass is 10.2. The van der Waals surface area contributed by atoms with Crippen LogP contribution in [0.3, 0.4) is 0 Å². The number of carboxylic acids is 1. The molecule has 0 atom stereocenters. The van der Waals surface area contributed by atoms with Gasteiger partial charge in [-0.3, -0.25) is 18.9 Å². The minimum atomic E-state index is -0.886. The van der Waals surface area contributed by atoms with Gasteiger partial charge >= 0.3 is 5.97 Å². The highest BCUT2D eigenvalue weighted by Crippen LogP contribution is 2.09. The minimum Gasteiger partial charge on any atom is -0.480 e. The first-order valence-electron chi connectivity index (χ1n) is 5.89. The number of thiazole rings is 1. The summed E-state index contributed by atoms with van der Waals surface area (Å²) in [5.74, 6) is -0.886. The third-order valence-electron chi connectivity index (χ3n) is 2.79. The Bertz CT molecular complexity index is 647. The molecule has 2 rings (SSSR count). The highest BCUT2D eigenvalue weighted by atomic mass is 32.1. The van der Waals surface area contributed by atoms with Crippen LogP contribution in [-0.4, -0.2) is 37.9 Å². The predicted octanol–water partition coefficient (Wildman–Crippen LogP) is 1.05. The van der Waals surface area contributed by atoms with Crippen molar-refractivity contribution in [3.05, 3.63) is 33.7 Å². The topological polar surface area (TPSA) is 74.9 Å². The van der Waals surface area contributed by atoms with Gasteiger partial charge in [-0.2, -0.15) is 0 Å². The molecule has 0 saturated carbocycles. The number of hydrogen-bond donors (Lipinski definition) is 1. The Balaban J connectivity index is 2.28. The number of hydrogen-bond acceptors (Lipinski definition) is 5. The van der Waals surface area contributed by atoms with Crippen LogP contribution in [0.15, 0.2) is 22.4 Å². The summed E-state index contributed by atoms with van der Waals surface area (Å²) in [5.41, 5.74) is 0.461. The van der Waals surface area contributed by atoms with Gasteiger partial charge < -0.3 is 5.11 Å². The van der Waals surface area contributed by atoms with Crippen LogP contribution < -0.4 is 5.56 Å². The van der Waals surface area contributed by atoms with E-state index in [0.29, 0.717) is 17.2 Å². The fourth-order valence-electron chi connectivity index (χ4n) is 1.77. The van der Waals surface area contributed by atoms with Gasteiger partial charge in [0, 0.05) is 30.2 Å². The summed E-state index contributed by atoms with van der Waals surface area (Å²) >= 11 is 1.38. The molecule has 0 radical (unpaired) electrons. The van der Waals surface area contributed by atoms with Gasteiger partial charge in [-0.25, -0.2) is 4.98 Å². The molecule has 0 amide bonds. The Kier molecular flexibility index (Phi) is 3.96. The molecular formula is C12H15N3O3S. The summed E-state index contributed by atoms with van der Waals surface area (Å²) in [6.07, 6.45) is 1.68. The van der Waals surface area contributed by atoms with Gasteiger partial charge in [-0.05, 0) is 13.8 Å². The van der Waals surface area contributed by atoms with Gasteiger partial charge in [0.1, 0.15) is 0 Å². The third kappa shape index (κ3) is 3.18. The zero-order valence-corrected chi connectivity index (χ0v) is 11.6. The van der Waals surface area contributed by atoms with E-state index in [1.165, 1.54) is 21.8 Å². The maximum absolute atomic E-state index is 11.8. The third-order valence-corrected chi connectivity index (χ3v) is 3.55. The molecule has 2 aromatic rings. The molecule has 102 valence electrons. The Morgan fingerprint density at radius 2 is 2.32 bits per heavy atom. The normalized spacial score (nSPS) is 11.6. The summed E-state index contributed by atoms with van der Waals surface area (Å²) in [6.45, 7) is 4.12. The Hall–Kier alpha value is -1.73. The second-order valence-electron chi connectivity index (χ2n) is 4.53. The van der Waals surface area contributed by atoms with Gasteiger partial charge in [0.15, 0.2) is 4.96 Å². The predicted molar refractivity (Wildman–Crippen MR) is 72.5 cm³/mol. The largest absolute Gasteiger partial charge is 0.480 e. The van der Waals surface area contributed by atoms with Crippen LogP contribution in [0.2, 0.25) is 0 Å². The molecule has 2 aromatic heterocycles. The van der Waals surface area contributed by atoms with Crippen molar-refractivity contribution < 1.29 is 9.90 Å². The monoisotopic (exact) mass is 281 g/mol. The lowest BCUT2D eigenvalue weighted by Gasteiger charge is -2.23. The Labute approximate surface area is 113 Å². The number of carbonyl (C=O) groups is 1. The number of rotatable bonds is 5. The van der Waals surface area contributed by atoms with E-state index in [9.17, 15) is 9.59 Å². The number of nitrogens with zero attached hydrogens (tertiary/aromatic N) is 3. The van der Waals surface area contributed by atoms with E-state index < -0.39 is 5.97 Å². The molecule has 0 aliphatic heterocycles. The van der Waals surface area contributed by atoms with Crippen LogP contribution in [0.5, 0.6) is 0 Å². The molecule has 0 aliphatic rings. The van der Waals surface area contributed by atoms with Crippen molar-refractivity contribution in [1.29, 1.82) is 0 Å². The fraction of sp³-hybridized carbons (Fsp3) is 0.417. The zero-order valence-electron chi connectivity index (χ0n) is 10.7. The van der Waals surface area contributed by atoms with Crippen LogP contribution >= 0.6 is 11.3 Å². The van der Waals surface area contributed by atoms with Crippen LogP contribution in [0.4, 0.5) is 0 Å². The summed E-state index contributed by atoms with van der Waals surface area (Å²) < 4.78 is 1.48. The molecule has 0 bridgehead atoms. The van der Waals surface area contributed by atoms with Crippen molar-refractivity contribution in [3.8, 4) is 0 Å². The summed E-state index contributed by atoms with van der Waals surface area (Å²) in [4.78, 5) is 29.4. The van der Waals surface area contributed by atoms with Gasteiger partial charge in [0.2, 0.25) is 0 Å². The van der Waals surface area contributed by atoms with E-state index in [-0.39, 0.29) is 18.1 Å². The lowest BCUT2D eigenvalue weighted by molar-refractivity contribution is -0.138. The van der Waals surface area contributed by atoms with Crippen molar-refractivity contribution in [2.75, 3.05) is 6.54 Å². The van der Waals surface area contributed by atoms with Gasteiger partial charge in [0.25, 0.3) is 5.56 Å². The number of aliphatic carboxylic acids is 1. The first kappa shape index (κ1) is 13.7. The van der Waals surface area contributed by atoms with Gasteiger partial charge in [0.05, 0.1) is 12.2 Å². The Morgan fingerprint density at radius 3 is 2.95 bits per heavy atom. The fourth-order valence-corrected chi connectivity index (χ4v) is 2.51. The number of aromatic nitrogens is 2. The van der Waals surface area contributed by atoms with Crippen molar-refractivity contribution >= 4 is 22.3 Å². The standard InChI is InChI=1S/C12H15N3O3S/c1-8(2)14(7-11(17)18)6-9-5-10(16)15-3-4-19-12(15)13-9/h3-5,8H,6-7H2,1-2H3,(H,17,18). The molecule has 0 fully saturated rings. The first-order valence-corrected chi connectivity index (χ1v) is 6.77. The van der Waals surface area contributed by atoms with Gasteiger partial charge in [-0.15, -0.1) is 11.3 Å². The quantitative estimate of drug-likeness (QED) is 0.886. The smallest absolute Gasteiger partial charge is 0.317 e. The first-order chi connectivity index (χ1) is 8.97. The summed E-state index contributed by atoms with van der Waals surface area (Å²) in [5, 5.41) is 10.7. The van der Waals surface area contributed by atoms with E-state index in [2.05, 4.69) is 4.98 Å². The lowest BCUT2D eigenvalue weighted by Crippen LogP contribution is -2.35. The molecule has 2 heterocycles. The van der Waals surface area contributed by atoms with Crippen molar-refractivity contribution in [2.45, 2.75) is 26.4 Å². The molecule has 1 N–H and O–H groups in total. The van der Waals surface area contributed by atoms with Crippen LogP contribution in [0.25, 0.3) is 4.96 Å². The summed E-state index contributed by atoms with van der Waals surface area (Å²) in [6, 6.07) is 1.52. The van der Waals surface area contributed by atoms with E-state index in [0.717, 1.165) is 0 Å². The molecule has 0 saturated heterocycles. The Morgan fingerprint density at radius 1 is 1.58 bits per heavy atom. The van der Waals surface area contributed by atoms with Crippen LogP contribution in [0, 0.1) is 0 Å². The van der Waals surface area contributed by atoms with Crippen molar-refractivity contribution in [3.63, 3.8) is 0 Å². The zero-order chi connectivity index (χ0) is 14.0. The molecule has 0 aromatic carbocycles. The minimum absolute atomic E-state index is 0.0663. The number of fused-ring (bicyclic) bond motifs is 1. The maximum Gasteiger partial charge on any atom is 0.317 e. The molecular weight excluding hydrogens is 266 g/mol. The van der Waals surface area contributed by atoms with Crippen molar-refractivity contribution in [2.24, 2.45) is 0 Å². The highest BCUT2D eigenvalue weighted by molar-refractivity contribution is 7.15. The summed E-state index contributed by atoms with van der Waals surface area (Å²) in [7, 11) is 0. The molecule has 0 aliphatic carbocycles. The van der Waals surface area contributed by atoms with E-state index in [1.54, 1.807) is 16.5 Å². The van der Waals surface area contributed by atoms with E-state index >= 15 is 0 Å². The second kappa shape index (κ2) is 5.50. The molecule has 0 unspecified atom stereocenters. The van der Waals surface area contributed by atoms with Crippen LogP contribution in [-0.2, 0) is 11.3 Å². The average Bonchev–Trinajstić information content (AvgIpc) is 2.76. The van der Waals surface area contributed by atoms with Crippen LogP contribution in [0.1, 0.15) is 19.5 Å². The molecule has 6 nitrogen and oxygen atoms in total. The SMILES string of the molecule is CC(C)N(CC(=O)O)Cc1cc(=O)n2ccsc2n1. The van der Waals surface area contributed by atoms with Gasteiger partial charge in [-0.1, -0.05) is 0 Å². The number of carboxylic acid groups (broad SMARTS) is 1. The molecule has 0 spiro atoms. The maximum atomic E-state index is 11.8. The highest BCUT2D eigenvalue weighted by Gasteiger charge is 2.15. The van der Waals surface area contributed by atoms with Crippen molar-refractivity contribution in [1.82, 2.24) is 14.3 Å². The molecule has 19 heavy (non-hydrogen) atoms. The van der Waals surface area contributed by atoms with E-state index in [4.69, 9.17) is 5.11 Å².